The average Bonchev–Trinajstić information content (AvgIpc) is 2.08. The Morgan fingerprint density at radius 1 is 1.62 bits per heavy atom. The Balaban J connectivity index is 3.04. The number of pyridine rings is 1. The van der Waals surface area contributed by atoms with E-state index in [0.717, 1.165) is 5.56 Å². The van der Waals surface area contributed by atoms with Crippen molar-refractivity contribution in [2.75, 3.05) is 0 Å². The van der Waals surface area contributed by atoms with E-state index in [1.165, 1.54) is 10.6 Å². The topological polar surface area (TPSA) is 48.0 Å². The van der Waals surface area contributed by atoms with E-state index >= 15 is 0 Å². The number of nitrogens with zero attached hydrogens (tertiary/aromatic N) is 1. The van der Waals surface area contributed by atoms with Crippen LogP contribution in [0, 0.1) is 0 Å². The van der Waals surface area contributed by atoms with Crippen molar-refractivity contribution >= 4 is 11.6 Å². The van der Waals surface area contributed by atoms with Crippen molar-refractivity contribution in [3.05, 3.63) is 45.9 Å². The highest BCUT2D eigenvalue weighted by atomic mass is 35.5. The van der Waals surface area contributed by atoms with Gasteiger partial charge in [-0.05, 0) is 5.56 Å². The fourth-order valence-corrected chi connectivity index (χ4v) is 1.14. The monoisotopic (exact) mass is 198 g/mol. The molecule has 0 fully saturated rings. The maximum atomic E-state index is 11.2. The molecule has 0 aromatic carbocycles. The fraction of sp³-hybridized carbons (Fsp3) is 0.222. The van der Waals surface area contributed by atoms with Gasteiger partial charge in [0.2, 0.25) is 0 Å². The van der Waals surface area contributed by atoms with E-state index in [4.69, 9.17) is 17.3 Å². The summed E-state index contributed by atoms with van der Waals surface area (Å²) in [6.45, 7) is 4.26. The Bertz CT molecular complexity index is 370. The first-order chi connectivity index (χ1) is 6.13. The zero-order valence-electron chi connectivity index (χ0n) is 7.16. The van der Waals surface area contributed by atoms with E-state index in [9.17, 15) is 4.79 Å². The second-order valence-electron chi connectivity index (χ2n) is 2.72. The van der Waals surface area contributed by atoms with Gasteiger partial charge in [0.1, 0.15) is 0 Å². The Kier molecular flexibility index (Phi) is 3.28. The summed E-state index contributed by atoms with van der Waals surface area (Å²) in [4.78, 5) is 11.2. The normalized spacial score (nSPS) is 10.0. The summed E-state index contributed by atoms with van der Waals surface area (Å²) in [5, 5.41) is 0.427. The van der Waals surface area contributed by atoms with Crippen LogP contribution in [0.4, 0.5) is 0 Å². The van der Waals surface area contributed by atoms with Crippen LogP contribution in [0.1, 0.15) is 5.56 Å². The molecule has 0 spiro atoms. The molecule has 13 heavy (non-hydrogen) atoms. The third kappa shape index (κ3) is 2.72. The van der Waals surface area contributed by atoms with Gasteiger partial charge in [0.15, 0.2) is 0 Å². The number of halogens is 1. The number of aromatic nitrogens is 1. The maximum absolute atomic E-state index is 11.2. The van der Waals surface area contributed by atoms with Crippen LogP contribution in [0.2, 0.25) is 0 Å². The largest absolute Gasteiger partial charge is 0.326 e. The summed E-state index contributed by atoms with van der Waals surface area (Å²) in [7, 11) is 0. The van der Waals surface area contributed by atoms with E-state index in [-0.39, 0.29) is 5.56 Å². The molecule has 0 saturated heterocycles. The van der Waals surface area contributed by atoms with Gasteiger partial charge in [-0.2, -0.15) is 0 Å². The van der Waals surface area contributed by atoms with Gasteiger partial charge in [0.05, 0.1) is 6.54 Å². The first-order valence-electron chi connectivity index (χ1n) is 3.86. The number of rotatable bonds is 3. The standard InChI is InChI=1S/C9H11ClN2O/c1-7(10)5-12-6-8(4-11)2-3-9(12)13/h2-3,6H,1,4-5,11H2. The van der Waals surface area contributed by atoms with Crippen LogP contribution in [0.5, 0.6) is 0 Å². The number of nitrogens with two attached hydrogens (primary N) is 1. The molecule has 4 heteroatoms. The summed E-state index contributed by atoms with van der Waals surface area (Å²) >= 11 is 5.59. The predicted molar refractivity (Wildman–Crippen MR) is 53.6 cm³/mol. The number of allylic oxidation sites excluding steroid dienone is 1. The molecule has 1 aromatic heterocycles. The van der Waals surface area contributed by atoms with Gasteiger partial charge in [0.25, 0.3) is 5.56 Å². The molecule has 1 aromatic rings. The van der Waals surface area contributed by atoms with Gasteiger partial charge in [-0.3, -0.25) is 4.79 Å². The molecule has 0 aliphatic carbocycles. The van der Waals surface area contributed by atoms with Gasteiger partial charge in [0, 0.05) is 23.8 Å². The molecule has 2 N–H and O–H groups in total. The molecule has 0 bridgehead atoms. The first kappa shape index (κ1) is 10.0. The van der Waals surface area contributed by atoms with Crippen molar-refractivity contribution in [2.45, 2.75) is 13.1 Å². The van der Waals surface area contributed by atoms with Gasteiger partial charge < -0.3 is 10.3 Å². The maximum Gasteiger partial charge on any atom is 0.250 e. The Morgan fingerprint density at radius 3 is 2.85 bits per heavy atom. The van der Waals surface area contributed by atoms with Crippen LogP contribution < -0.4 is 11.3 Å². The van der Waals surface area contributed by atoms with Crippen LogP contribution in [0.25, 0.3) is 0 Å². The molecule has 0 atom stereocenters. The van der Waals surface area contributed by atoms with E-state index < -0.39 is 0 Å². The van der Waals surface area contributed by atoms with Crippen LogP contribution in [-0.4, -0.2) is 4.57 Å². The van der Waals surface area contributed by atoms with E-state index in [1.54, 1.807) is 12.3 Å². The summed E-state index contributed by atoms with van der Waals surface area (Å²) < 4.78 is 1.48. The highest BCUT2D eigenvalue weighted by molar-refractivity contribution is 6.29. The van der Waals surface area contributed by atoms with Crippen molar-refractivity contribution in [3.8, 4) is 0 Å². The highest BCUT2D eigenvalue weighted by Gasteiger charge is 1.97. The Labute approximate surface area is 81.4 Å². The Hall–Kier alpha value is -1.06. The van der Waals surface area contributed by atoms with E-state index in [2.05, 4.69) is 6.58 Å². The molecule has 0 aliphatic heterocycles. The lowest BCUT2D eigenvalue weighted by Gasteiger charge is -2.05. The lowest BCUT2D eigenvalue weighted by molar-refractivity contribution is 0.759. The zero-order chi connectivity index (χ0) is 9.84. The van der Waals surface area contributed by atoms with Crippen molar-refractivity contribution in [1.29, 1.82) is 0 Å². The third-order valence-electron chi connectivity index (χ3n) is 1.62. The van der Waals surface area contributed by atoms with Gasteiger partial charge in [-0.25, -0.2) is 0 Å². The summed E-state index contributed by atoms with van der Waals surface area (Å²) in [5.74, 6) is 0. The van der Waals surface area contributed by atoms with E-state index in [1.807, 2.05) is 0 Å². The summed E-state index contributed by atoms with van der Waals surface area (Å²) in [6, 6.07) is 3.18. The van der Waals surface area contributed by atoms with E-state index in [0.29, 0.717) is 18.1 Å². The van der Waals surface area contributed by atoms with Gasteiger partial charge in [-0.15, -0.1) is 0 Å². The van der Waals surface area contributed by atoms with Gasteiger partial charge >= 0.3 is 0 Å². The van der Waals surface area contributed by atoms with Crippen LogP contribution in [0.3, 0.4) is 0 Å². The summed E-state index contributed by atoms with van der Waals surface area (Å²) in [5.41, 5.74) is 6.23. The second kappa shape index (κ2) is 4.25. The number of hydrogen-bond donors (Lipinski definition) is 1. The molecule has 0 amide bonds. The van der Waals surface area contributed by atoms with Crippen LogP contribution >= 0.6 is 11.6 Å². The first-order valence-corrected chi connectivity index (χ1v) is 4.24. The molecule has 0 saturated carbocycles. The van der Waals surface area contributed by atoms with Crippen LogP contribution in [-0.2, 0) is 13.1 Å². The zero-order valence-corrected chi connectivity index (χ0v) is 7.92. The van der Waals surface area contributed by atoms with Crippen molar-refractivity contribution in [3.63, 3.8) is 0 Å². The minimum absolute atomic E-state index is 0.0981. The number of hydrogen-bond acceptors (Lipinski definition) is 2. The molecular weight excluding hydrogens is 188 g/mol. The quantitative estimate of drug-likeness (QED) is 0.790. The predicted octanol–water partition coefficient (Wildman–Crippen LogP) is 1.06. The van der Waals surface area contributed by atoms with Crippen molar-refractivity contribution in [2.24, 2.45) is 5.73 Å². The minimum Gasteiger partial charge on any atom is -0.326 e. The second-order valence-corrected chi connectivity index (χ2v) is 3.26. The Morgan fingerprint density at radius 2 is 2.31 bits per heavy atom. The van der Waals surface area contributed by atoms with Crippen molar-refractivity contribution in [1.82, 2.24) is 4.57 Å². The minimum atomic E-state index is -0.0981. The molecule has 70 valence electrons. The van der Waals surface area contributed by atoms with Crippen LogP contribution in [0.15, 0.2) is 34.7 Å². The van der Waals surface area contributed by atoms with Crippen molar-refractivity contribution < 1.29 is 0 Å². The lowest BCUT2D eigenvalue weighted by Crippen LogP contribution is -2.19. The third-order valence-corrected chi connectivity index (χ3v) is 1.74. The summed E-state index contributed by atoms with van der Waals surface area (Å²) in [6.07, 6.45) is 1.69. The van der Waals surface area contributed by atoms with Gasteiger partial charge in [-0.1, -0.05) is 24.2 Å². The molecule has 1 rings (SSSR count). The molecule has 1 heterocycles. The SMILES string of the molecule is C=C(Cl)Cn1cc(CN)ccc1=O. The molecule has 3 nitrogen and oxygen atoms in total. The average molecular weight is 199 g/mol. The molecular formula is C9H11ClN2O. The molecule has 0 unspecified atom stereocenters. The smallest absolute Gasteiger partial charge is 0.250 e. The highest BCUT2D eigenvalue weighted by Crippen LogP contribution is 2.01. The molecule has 0 radical (unpaired) electrons. The fourth-order valence-electron chi connectivity index (χ4n) is 1.01. The lowest BCUT2D eigenvalue weighted by atomic mass is 10.3. The molecule has 0 aliphatic rings.